The number of ether oxygens (including phenoxy) is 2. The summed E-state index contributed by atoms with van der Waals surface area (Å²) in [6, 6.07) is 4.39. The SMILES string of the molecule is C=CCCC1CCC(C2CCC3C(CCCC3C(=O)Oc3ccc(OC)cc3F)C2)CC1. The average molecular weight is 443 g/mol. The van der Waals surface area contributed by atoms with Crippen molar-refractivity contribution in [3.8, 4) is 11.5 Å². The van der Waals surface area contributed by atoms with Gasteiger partial charge in [0.2, 0.25) is 0 Å². The van der Waals surface area contributed by atoms with Crippen molar-refractivity contribution < 1.29 is 18.7 Å². The Balaban J connectivity index is 1.32. The van der Waals surface area contributed by atoms with Crippen molar-refractivity contribution in [3.63, 3.8) is 0 Å². The average Bonchev–Trinajstić information content (AvgIpc) is 2.83. The fourth-order valence-electron chi connectivity index (χ4n) is 6.90. The van der Waals surface area contributed by atoms with Crippen LogP contribution in [0.15, 0.2) is 30.9 Å². The minimum Gasteiger partial charge on any atom is -0.497 e. The Morgan fingerprint density at radius 3 is 2.56 bits per heavy atom. The Hall–Kier alpha value is -1.84. The van der Waals surface area contributed by atoms with Gasteiger partial charge in [0.1, 0.15) is 5.75 Å². The van der Waals surface area contributed by atoms with E-state index < -0.39 is 5.82 Å². The molecule has 0 heterocycles. The van der Waals surface area contributed by atoms with Gasteiger partial charge in [0.15, 0.2) is 11.6 Å². The van der Waals surface area contributed by atoms with E-state index in [1.54, 1.807) is 6.07 Å². The zero-order valence-corrected chi connectivity index (χ0v) is 19.6. The molecule has 0 N–H and O–H groups in total. The van der Waals surface area contributed by atoms with Gasteiger partial charge < -0.3 is 9.47 Å². The maximum absolute atomic E-state index is 14.3. The second-order valence-electron chi connectivity index (χ2n) is 10.4. The number of hydrogen-bond donors (Lipinski definition) is 0. The molecule has 4 rings (SSSR count). The number of methoxy groups -OCH3 is 1. The lowest BCUT2D eigenvalue weighted by Gasteiger charge is -2.46. The van der Waals surface area contributed by atoms with E-state index in [2.05, 4.69) is 12.7 Å². The van der Waals surface area contributed by atoms with Gasteiger partial charge in [-0.25, -0.2) is 4.39 Å². The molecule has 4 heteroatoms. The van der Waals surface area contributed by atoms with Crippen LogP contribution < -0.4 is 9.47 Å². The van der Waals surface area contributed by atoms with E-state index in [1.165, 1.54) is 70.6 Å². The first kappa shape index (κ1) is 23.3. The smallest absolute Gasteiger partial charge is 0.314 e. The van der Waals surface area contributed by atoms with Crippen LogP contribution in [-0.2, 0) is 4.79 Å². The molecule has 3 aliphatic rings. The summed E-state index contributed by atoms with van der Waals surface area (Å²) < 4.78 is 24.9. The molecule has 0 aliphatic heterocycles. The molecule has 1 aromatic carbocycles. The van der Waals surface area contributed by atoms with Crippen LogP contribution in [0.25, 0.3) is 0 Å². The summed E-state index contributed by atoms with van der Waals surface area (Å²) in [7, 11) is 1.49. The number of hydrogen-bond acceptors (Lipinski definition) is 3. The number of esters is 1. The molecule has 3 saturated carbocycles. The molecule has 0 saturated heterocycles. The van der Waals surface area contributed by atoms with Crippen molar-refractivity contribution in [2.75, 3.05) is 7.11 Å². The number of halogens is 1. The molecule has 32 heavy (non-hydrogen) atoms. The molecule has 3 nitrogen and oxygen atoms in total. The van der Waals surface area contributed by atoms with Crippen molar-refractivity contribution in [3.05, 3.63) is 36.7 Å². The summed E-state index contributed by atoms with van der Waals surface area (Å²) in [5.41, 5.74) is 0. The van der Waals surface area contributed by atoms with E-state index >= 15 is 0 Å². The van der Waals surface area contributed by atoms with Gasteiger partial charge in [-0.1, -0.05) is 31.8 Å². The minimum atomic E-state index is -0.544. The second-order valence-corrected chi connectivity index (χ2v) is 10.4. The highest BCUT2D eigenvalue weighted by molar-refractivity contribution is 5.75. The summed E-state index contributed by atoms with van der Waals surface area (Å²) in [6.45, 7) is 3.87. The van der Waals surface area contributed by atoms with Gasteiger partial charge in [-0.3, -0.25) is 4.79 Å². The molecular formula is C28H39FO3. The van der Waals surface area contributed by atoms with E-state index in [0.717, 1.165) is 43.4 Å². The van der Waals surface area contributed by atoms with Crippen molar-refractivity contribution >= 4 is 5.97 Å². The molecule has 3 fully saturated rings. The van der Waals surface area contributed by atoms with Gasteiger partial charge in [-0.2, -0.15) is 0 Å². The van der Waals surface area contributed by atoms with E-state index in [9.17, 15) is 9.18 Å². The number of carbonyl (C=O) groups is 1. The van der Waals surface area contributed by atoms with Crippen LogP contribution in [0.2, 0.25) is 0 Å². The summed E-state index contributed by atoms with van der Waals surface area (Å²) >= 11 is 0. The summed E-state index contributed by atoms with van der Waals surface area (Å²) in [4.78, 5) is 13.0. The normalized spacial score (nSPS) is 32.6. The first-order valence-corrected chi connectivity index (χ1v) is 12.7. The Morgan fingerprint density at radius 2 is 1.84 bits per heavy atom. The highest BCUT2D eigenvalue weighted by Gasteiger charge is 2.43. The standard InChI is InChI=1S/C28H39FO3/c1-3-4-6-19-9-11-20(12-10-19)21-13-15-24-22(17-21)7-5-8-25(24)28(30)32-27-16-14-23(31-2)18-26(27)29/h3,14,16,18-22,24-25H,1,4-13,15,17H2,2H3. The largest absolute Gasteiger partial charge is 0.497 e. The lowest BCUT2D eigenvalue weighted by molar-refractivity contribution is -0.144. The quantitative estimate of drug-likeness (QED) is 0.252. The van der Waals surface area contributed by atoms with E-state index in [0.29, 0.717) is 17.6 Å². The van der Waals surface area contributed by atoms with Gasteiger partial charge in [-0.15, -0.1) is 6.58 Å². The third-order valence-electron chi connectivity index (χ3n) is 8.68. The molecule has 1 aromatic rings. The summed E-state index contributed by atoms with van der Waals surface area (Å²) in [5.74, 6) is 3.17. The van der Waals surface area contributed by atoms with Crippen LogP contribution in [0.5, 0.6) is 11.5 Å². The topological polar surface area (TPSA) is 35.5 Å². The Kier molecular flexibility index (Phi) is 7.91. The first-order chi connectivity index (χ1) is 15.6. The van der Waals surface area contributed by atoms with E-state index in [-0.39, 0.29) is 17.6 Å². The monoisotopic (exact) mass is 442 g/mol. The van der Waals surface area contributed by atoms with Crippen LogP contribution in [0.3, 0.4) is 0 Å². The van der Waals surface area contributed by atoms with Crippen LogP contribution in [0, 0.1) is 41.3 Å². The third-order valence-corrected chi connectivity index (χ3v) is 8.68. The molecule has 4 atom stereocenters. The molecule has 176 valence electrons. The van der Waals surface area contributed by atoms with Crippen LogP contribution >= 0.6 is 0 Å². The van der Waals surface area contributed by atoms with Gasteiger partial charge in [-0.05, 0) is 93.1 Å². The molecular weight excluding hydrogens is 403 g/mol. The number of carbonyl (C=O) groups excluding carboxylic acids is 1. The van der Waals surface area contributed by atoms with Crippen LogP contribution in [0.4, 0.5) is 4.39 Å². The van der Waals surface area contributed by atoms with E-state index in [4.69, 9.17) is 9.47 Å². The van der Waals surface area contributed by atoms with Crippen molar-refractivity contribution in [1.29, 1.82) is 0 Å². The van der Waals surface area contributed by atoms with Crippen LogP contribution in [0.1, 0.15) is 77.0 Å². The van der Waals surface area contributed by atoms with Crippen molar-refractivity contribution in [2.45, 2.75) is 77.0 Å². The van der Waals surface area contributed by atoms with Crippen LogP contribution in [-0.4, -0.2) is 13.1 Å². The molecule has 0 amide bonds. The Bertz CT molecular complexity index is 783. The van der Waals surface area contributed by atoms with Gasteiger partial charge in [0.25, 0.3) is 0 Å². The molecule has 3 aliphatic carbocycles. The predicted octanol–water partition coefficient (Wildman–Crippen LogP) is 7.34. The molecule has 0 bridgehead atoms. The Labute approximate surface area is 192 Å². The fourth-order valence-corrected chi connectivity index (χ4v) is 6.90. The number of benzene rings is 1. The maximum Gasteiger partial charge on any atom is 0.314 e. The number of allylic oxidation sites excluding steroid dienone is 1. The molecule has 4 unspecified atom stereocenters. The van der Waals surface area contributed by atoms with Gasteiger partial charge >= 0.3 is 5.97 Å². The molecule has 0 radical (unpaired) electrons. The van der Waals surface area contributed by atoms with Crippen molar-refractivity contribution in [1.82, 2.24) is 0 Å². The lowest BCUT2D eigenvalue weighted by atomic mass is 9.59. The summed E-state index contributed by atoms with van der Waals surface area (Å²) in [6.07, 6.45) is 16.9. The predicted molar refractivity (Wildman–Crippen MR) is 125 cm³/mol. The summed E-state index contributed by atoms with van der Waals surface area (Å²) in [5, 5.41) is 0. The first-order valence-electron chi connectivity index (χ1n) is 12.7. The lowest BCUT2D eigenvalue weighted by Crippen LogP contribution is -2.40. The number of fused-ring (bicyclic) bond motifs is 1. The molecule has 0 spiro atoms. The van der Waals surface area contributed by atoms with E-state index in [1.807, 2.05) is 0 Å². The fraction of sp³-hybridized carbons (Fsp3) is 0.679. The Morgan fingerprint density at radius 1 is 1.06 bits per heavy atom. The highest BCUT2D eigenvalue weighted by atomic mass is 19.1. The highest BCUT2D eigenvalue weighted by Crippen LogP contribution is 2.50. The van der Waals surface area contributed by atoms with Gasteiger partial charge in [0.05, 0.1) is 13.0 Å². The third kappa shape index (κ3) is 5.38. The molecule has 0 aromatic heterocycles. The maximum atomic E-state index is 14.3. The van der Waals surface area contributed by atoms with Crippen molar-refractivity contribution in [2.24, 2.45) is 35.5 Å². The zero-order chi connectivity index (χ0) is 22.5. The zero-order valence-electron chi connectivity index (χ0n) is 19.6. The van der Waals surface area contributed by atoms with Gasteiger partial charge in [0, 0.05) is 6.07 Å². The minimum absolute atomic E-state index is 0.0137. The second kappa shape index (κ2) is 10.9. The number of rotatable bonds is 7.